The van der Waals surface area contributed by atoms with E-state index in [9.17, 15) is 9.18 Å². The van der Waals surface area contributed by atoms with Gasteiger partial charge in [-0.15, -0.1) is 0 Å². The van der Waals surface area contributed by atoms with Crippen LogP contribution in [0.3, 0.4) is 0 Å². The number of rotatable bonds is 3. The predicted molar refractivity (Wildman–Crippen MR) is 94.2 cm³/mol. The van der Waals surface area contributed by atoms with Crippen LogP contribution in [0.5, 0.6) is 5.88 Å². The third kappa shape index (κ3) is 3.56. The van der Waals surface area contributed by atoms with Crippen molar-refractivity contribution in [1.82, 2.24) is 9.88 Å². The average molecular weight is 362 g/mol. The van der Waals surface area contributed by atoms with Gasteiger partial charge >= 0.3 is 0 Å². The van der Waals surface area contributed by atoms with Gasteiger partial charge < -0.3 is 14.4 Å². The molecule has 5 nitrogen and oxygen atoms in total. The highest BCUT2D eigenvalue weighted by Crippen LogP contribution is 2.38. The van der Waals surface area contributed by atoms with E-state index in [1.807, 2.05) is 4.90 Å². The second kappa shape index (κ2) is 7.14. The van der Waals surface area contributed by atoms with Crippen LogP contribution in [0.1, 0.15) is 45.4 Å². The summed E-state index contributed by atoms with van der Waals surface area (Å²) in [7, 11) is 0. The highest BCUT2D eigenvalue weighted by atomic mass is 19.1. The van der Waals surface area contributed by atoms with Crippen LogP contribution in [0, 0.1) is 17.7 Å². The van der Waals surface area contributed by atoms with Gasteiger partial charge in [0.25, 0.3) is 5.88 Å². The fourth-order valence-corrected chi connectivity index (χ4v) is 4.58. The lowest BCUT2D eigenvalue weighted by atomic mass is 9.82. The summed E-state index contributed by atoms with van der Waals surface area (Å²) in [6.45, 7) is 4.06. The minimum Gasteiger partial charge on any atom is -0.470 e. The van der Waals surface area contributed by atoms with Gasteiger partial charge in [-0.1, -0.05) is 6.92 Å². The molecule has 1 spiro atoms. The van der Waals surface area contributed by atoms with Gasteiger partial charge in [-0.2, -0.15) is 0 Å². The maximum Gasteiger partial charge on any atom is 0.250 e. The number of nitrogens with zero attached hydrogens (tertiary/aromatic N) is 2. The van der Waals surface area contributed by atoms with E-state index in [2.05, 4.69) is 11.9 Å². The fourth-order valence-electron chi connectivity index (χ4n) is 4.58. The topological polar surface area (TPSA) is 51.7 Å². The summed E-state index contributed by atoms with van der Waals surface area (Å²) >= 11 is 0. The highest BCUT2D eigenvalue weighted by molar-refractivity contribution is 5.79. The van der Waals surface area contributed by atoms with Crippen LogP contribution in [0.15, 0.2) is 18.3 Å². The zero-order valence-corrected chi connectivity index (χ0v) is 15.3. The van der Waals surface area contributed by atoms with Gasteiger partial charge in [0, 0.05) is 31.6 Å². The number of amides is 1. The van der Waals surface area contributed by atoms with E-state index in [1.54, 1.807) is 6.07 Å². The van der Waals surface area contributed by atoms with E-state index < -0.39 is 5.82 Å². The summed E-state index contributed by atoms with van der Waals surface area (Å²) < 4.78 is 25.5. The van der Waals surface area contributed by atoms with Gasteiger partial charge in [-0.3, -0.25) is 4.79 Å². The Morgan fingerprint density at radius 1 is 1.38 bits per heavy atom. The zero-order chi connectivity index (χ0) is 18.1. The normalized spacial score (nSPS) is 34.4. The van der Waals surface area contributed by atoms with Gasteiger partial charge in [-0.25, -0.2) is 9.37 Å². The largest absolute Gasteiger partial charge is 0.470 e. The zero-order valence-electron chi connectivity index (χ0n) is 15.3. The number of pyridine rings is 1. The summed E-state index contributed by atoms with van der Waals surface area (Å²) in [5.74, 6) is 0.783. The molecule has 3 aliphatic rings. The van der Waals surface area contributed by atoms with Crippen LogP contribution < -0.4 is 4.74 Å². The summed E-state index contributed by atoms with van der Waals surface area (Å²) in [5.41, 5.74) is -0.340. The molecular formula is C20H27FN2O3. The van der Waals surface area contributed by atoms with Crippen molar-refractivity contribution in [3.05, 3.63) is 24.1 Å². The Morgan fingerprint density at radius 2 is 2.19 bits per heavy atom. The van der Waals surface area contributed by atoms with Crippen LogP contribution in [0.2, 0.25) is 0 Å². The molecule has 2 saturated heterocycles. The quantitative estimate of drug-likeness (QED) is 0.829. The molecule has 2 aliphatic heterocycles. The van der Waals surface area contributed by atoms with E-state index >= 15 is 0 Å². The van der Waals surface area contributed by atoms with Crippen molar-refractivity contribution in [3.63, 3.8) is 0 Å². The molecule has 26 heavy (non-hydrogen) atoms. The molecule has 1 aliphatic carbocycles. The van der Waals surface area contributed by atoms with Gasteiger partial charge in [0.2, 0.25) is 5.91 Å². The smallest absolute Gasteiger partial charge is 0.250 e. The summed E-state index contributed by atoms with van der Waals surface area (Å²) in [4.78, 5) is 18.8. The second-order valence-electron chi connectivity index (χ2n) is 8.19. The Balaban J connectivity index is 1.33. The molecule has 2 atom stereocenters. The van der Waals surface area contributed by atoms with E-state index in [4.69, 9.17) is 9.47 Å². The second-order valence-corrected chi connectivity index (χ2v) is 8.19. The van der Waals surface area contributed by atoms with Crippen molar-refractivity contribution in [2.45, 2.75) is 57.2 Å². The van der Waals surface area contributed by atoms with E-state index in [-0.39, 0.29) is 29.4 Å². The monoisotopic (exact) mass is 362 g/mol. The number of likely N-dealkylation sites (tertiary alicyclic amines) is 1. The Bertz CT molecular complexity index is 662. The minimum absolute atomic E-state index is 0.0282. The summed E-state index contributed by atoms with van der Waals surface area (Å²) in [6.07, 6.45) is 7.12. The molecule has 0 unspecified atom stereocenters. The maximum atomic E-state index is 13.7. The number of carbonyl (C=O) groups excluding carboxylic acids is 1. The van der Waals surface area contributed by atoms with Gasteiger partial charge in [0.15, 0.2) is 5.82 Å². The van der Waals surface area contributed by atoms with Crippen molar-refractivity contribution in [2.24, 2.45) is 11.8 Å². The van der Waals surface area contributed by atoms with Gasteiger partial charge in [0.1, 0.15) is 6.10 Å². The number of hydrogen-bond donors (Lipinski definition) is 0. The van der Waals surface area contributed by atoms with E-state index in [1.165, 1.54) is 12.3 Å². The van der Waals surface area contributed by atoms with Crippen molar-refractivity contribution >= 4 is 5.91 Å². The number of hydrogen-bond acceptors (Lipinski definition) is 4. The standard InChI is InChI=1S/C20H27FN2O3/c1-14-4-6-15(7-5-14)19(24)23-10-8-20(13-23)11-16(12-25-20)26-18-17(21)3-2-9-22-18/h2-3,9,14-16H,4-8,10-13H2,1H3/t14?,15?,16-,20+/m1/s1. The molecule has 1 aromatic rings. The maximum absolute atomic E-state index is 13.7. The Kier molecular flexibility index (Phi) is 4.86. The molecule has 0 N–H and O–H groups in total. The molecule has 0 aromatic carbocycles. The highest BCUT2D eigenvalue weighted by Gasteiger charge is 2.48. The fraction of sp³-hybridized carbons (Fsp3) is 0.700. The molecular weight excluding hydrogens is 335 g/mol. The molecule has 1 aromatic heterocycles. The first kappa shape index (κ1) is 17.7. The van der Waals surface area contributed by atoms with E-state index in [0.717, 1.165) is 44.6 Å². The number of halogens is 1. The molecule has 6 heteroatoms. The van der Waals surface area contributed by atoms with Crippen LogP contribution in [-0.2, 0) is 9.53 Å². The molecule has 0 bridgehead atoms. The van der Waals surface area contributed by atoms with Crippen LogP contribution in [-0.4, -0.2) is 47.2 Å². The van der Waals surface area contributed by atoms with Crippen LogP contribution in [0.4, 0.5) is 4.39 Å². The Morgan fingerprint density at radius 3 is 2.96 bits per heavy atom. The summed E-state index contributed by atoms with van der Waals surface area (Å²) in [5, 5.41) is 0. The molecule has 142 valence electrons. The predicted octanol–water partition coefficient (Wildman–Crippen LogP) is 3.19. The SMILES string of the molecule is CC1CCC(C(=O)N2CC[C@]3(C[C@@H](Oc4ncccc4F)CO3)C2)CC1. The minimum atomic E-state index is -0.455. The molecule has 4 rings (SSSR count). The number of carbonyl (C=O) groups is 1. The van der Waals surface area contributed by atoms with Crippen LogP contribution in [0.25, 0.3) is 0 Å². The van der Waals surface area contributed by atoms with Gasteiger partial charge in [-0.05, 0) is 50.2 Å². The number of ether oxygens (including phenoxy) is 2. The lowest BCUT2D eigenvalue weighted by Gasteiger charge is -2.30. The van der Waals surface area contributed by atoms with Crippen molar-refractivity contribution < 1.29 is 18.7 Å². The lowest BCUT2D eigenvalue weighted by Crippen LogP contribution is -2.40. The van der Waals surface area contributed by atoms with Crippen molar-refractivity contribution in [3.8, 4) is 5.88 Å². The number of aromatic nitrogens is 1. The molecule has 3 fully saturated rings. The third-order valence-corrected chi connectivity index (χ3v) is 6.17. The van der Waals surface area contributed by atoms with Crippen molar-refractivity contribution in [2.75, 3.05) is 19.7 Å². The Hall–Kier alpha value is -1.69. The van der Waals surface area contributed by atoms with Crippen LogP contribution >= 0.6 is 0 Å². The van der Waals surface area contributed by atoms with Gasteiger partial charge in [0.05, 0.1) is 12.2 Å². The average Bonchev–Trinajstić information content (AvgIpc) is 3.24. The molecule has 3 heterocycles. The first-order valence-corrected chi connectivity index (χ1v) is 9.75. The molecule has 0 radical (unpaired) electrons. The Labute approximate surface area is 153 Å². The molecule has 1 amide bonds. The molecule has 1 saturated carbocycles. The third-order valence-electron chi connectivity index (χ3n) is 6.17. The summed E-state index contributed by atoms with van der Waals surface area (Å²) in [6, 6.07) is 2.89. The van der Waals surface area contributed by atoms with E-state index in [0.29, 0.717) is 19.6 Å². The first-order valence-electron chi connectivity index (χ1n) is 9.75. The van der Waals surface area contributed by atoms with Crippen molar-refractivity contribution in [1.29, 1.82) is 0 Å². The lowest BCUT2D eigenvalue weighted by molar-refractivity contribution is -0.136. The first-order chi connectivity index (χ1) is 12.5.